The van der Waals surface area contributed by atoms with Gasteiger partial charge in [0, 0.05) is 67.3 Å². The Bertz CT molecular complexity index is 4120. The predicted octanol–water partition coefficient (Wildman–Crippen LogP) is 19.9. The molecule has 13 rings (SSSR count). The number of hydrogen-bond acceptors (Lipinski definition) is 4. The van der Waals surface area contributed by atoms with Crippen LogP contribution in [-0.4, -0.2) is 14.5 Å². The maximum Gasteiger partial charge on any atom is 0.198 e. The monoisotopic (exact) mass is 1010 g/mol. The van der Waals surface area contributed by atoms with Gasteiger partial charge in [0.2, 0.25) is 0 Å². The SMILES string of the molecule is [C-]#[N+]c1ccccc1-c1cc(-c2ccc(-c3ccc(-c4ccc(-n5c6ccc(N(c7ccccc7)c7ccccc7)cc6c6cc(N(c7ccccc7)c7ccccc7)ccc65)cc4)cc3)cc2)nc(-c2ccccc2[N+]#[C-])n1. The van der Waals surface area contributed by atoms with Crippen LogP contribution in [0.25, 0.3) is 93.3 Å². The molecule has 0 spiro atoms. The van der Waals surface area contributed by atoms with Crippen LogP contribution in [0.15, 0.2) is 285 Å². The Hall–Kier alpha value is -11.1. The van der Waals surface area contributed by atoms with E-state index in [4.69, 9.17) is 23.1 Å². The maximum absolute atomic E-state index is 7.83. The van der Waals surface area contributed by atoms with Crippen molar-refractivity contribution in [2.75, 3.05) is 9.80 Å². The summed E-state index contributed by atoms with van der Waals surface area (Å²) in [5, 5.41) is 2.30. The van der Waals surface area contributed by atoms with Gasteiger partial charge in [0.25, 0.3) is 0 Å². The average molecular weight is 1010 g/mol. The topological polar surface area (TPSA) is 45.9 Å². The third kappa shape index (κ3) is 9.21. The molecular formula is C72H47N7. The number of nitrogens with zero attached hydrogens (tertiary/aromatic N) is 7. The second-order valence-electron chi connectivity index (χ2n) is 19.2. The van der Waals surface area contributed by atoms with Crippen molar-refractivity contribution >= 4 is 67.3 Å². The third-order valence-corrected chi connectivity index (χ3v) is 14.5. The van der Waals surface area contributed by atoms with Gasteiger partial charge in [0.15, 0.2) is 11.4 Å². The smallest absolute Gasteiger partial charge is 0.198 e. The van der Waals surface area contributed by atoms with Crippen molar-refractivity contribution in [3.05, 3.63) is 308 Å². The summed E-state index contributed by atoms with van der Waals surface area (Å²) in [6, 6.07) is 98.7. The van der Waals surface area contributed by atoms with E-state index in [-0.39, 0.29) is 0 Å². The molecule has 0 aliphatic heterocycles. The molecule has 0 unspecified atom stereocenters. The number of hydrogen-bond donors (Lipinski definition) is 0. The van der Waals surface area contributed by atoms with E-state index in [0.29, 0.717) is 39.7 Å². The lowest BCUT2D eigenvalue weighted by molar-refractivity contribution is 1.18. The molecule has 13 aromatic rings. The minimum absolute atomic E-state index is 0.439. The number of aromatic nitrogens is 3. The Morgan fingerprint density at radius 3 is 1.09 bits per heavy atom. The normalized spacial score (nSPS) is 11.0. The van der Waals surface area contributed by atoms with Crippen LogP contribution in [0.5, 0.6) is 0 Å². The zero-order valence-corrected chi connectivity index (χ0v) is 42.8. The number of benzene rings is 11. The van der Waals surface area contributed by atoms with Gasteiger partial charge in [-0.3, -0.25) is 0 Å². The second kappa shape index (κ2) is 20.9. The molecule has 0 amide bonds. The first kappa shape index (κ1) is 47.6. The summed E-state index contributed by atoms with van der Waals surface area (Å²) in [7, 11) is 0. The van der Waals surface area contributed by atoms with E-state index in [1.54, 1.807) is 12.1 Å². The van der Waals surface area contributed by atoms with Crippen LogP contribution >= 0.6 is 0 Å². The van der Waals surface area contributed by atoms with E-state index in [2.05, 4.69) is 255 Å². The van der Waals surface area contributed by atoms with Gasteiger partial charge in [-0.05, 0) is 125 Å². The zero-order chi connectivity index (χ0) is 53.1. The van der Waals surface area contributed by atoms with Crippen LogP contribution in [0.3, 0.4) is 0 Å². The van der Waals surface area contributed by atoms with Crippen LogP contribution in [0.4, 0.5) is 45.5 Å². The number of para-hydroxylation sites is 6. The van der Waals surface area contributed by atoms with E-state index in [1.165, 1.54) is 0 Å². The molecule has 370 valence electrons. The van der Waals surface area contributed by atoms with Crippen molar-refractivity contribution in [1.82, 2.24) is 14.5 Å². The van der Waals surface area contributed by atoms with Crippen molar-refractivity contribution in [1.29, 1.82) is 0 Å². The highest BCUT2D eigenvalue weighted by Gasteiger charge is 2.21. The van der Waals surface area contributed by atoms with E-state index in [1.807, 2.05) is 42.5 Å². The van der Waals surface area contributed by atoms with Crippen molar-refractivity contribution in [2.24, 2.45) is 0 Å². The van der Waals surface area contributed by atoms with Crippen molar-refractivity contribution in [3.8, 4) is 61.8 Å². The van der Waals surface area contributed by atoms with Crippen LogP contribution < -0.4 is 9.80 Å². The molecule has 2 aromatic heterocycles. The molecule has 0 atom stereocenters. The lowest BCUT2D eigenvalue weighted by atomic mass is 9.98. The molecule has 0 saturated heterocycles. The van der Waals surface area contributed by atoms with Crippen LogP contribution in [-0.2, 0) is 0 Å². The van der Waals surface area contributed by atoms with Gasteiger partial charge in [-0.15, -0.1) is 0 Å². The van der Waals surface area contributed by atoms with Gasteiger partial charge in [-0.1, -0.05) is 182 Å². The average Bonchev–Trinajstić information content (AvgIpc) is 3.92. The van der Waals surface area contributed by atoms with Gasteiger partial charge >= 0.3 is 0 Å². The first-order valence-corrected chi connectivity index (χ1v) is 26.1. The number of rotatable bonds is 12. The summed E-state index contributed by atoms with van der Waals surface area (Å²) >= 11 is 0. The quantitative estimate of drug-likeness (QED) is 0.114. The molecule has 0 aliphatic rings. The maximum atomic E-state index is 7.83. The summed E-state index contributed by atoms with van der Waals surface area (Å²) in [6.45, 7) is 15.7. The second-order valence-corrected chi connectivity index (χ2v) is 19.2. The summed E-state index contributed by atoms with van der Waals surface area (Å²) in [5.74, 6) is 0.439. The predicted molar refractivity (Wildman–Crippen MR) is 325 cm³/mol. The fourth-order valence-electron chi connectivity index (χ4n) is 10.7. The Labute approximate surface area is 459 Å². The fraction of sp³-hybridized carbons (Fsp3) is 0. The highest BCUT2D eigenvalue weighted by atomic mass is 15.1. The molecule has 0 aliphatic carbocycles. The molecule has 79 heavy (non-hydrogen) atoms. The molecule has 0 N–H and O–H groups in total. The molecule has 7 nitrogen and oxygen atoms in total. The minimum atomic E-state index is 0.439. The largest absolute Gasteiger partial charge is 0.310 e. The Kier molecular flexibility index (Phi) is 12.6. The fourth-order valence-corrected chi connectivity index (χ4v) is 10.7. The molecular weight excluding hydrogens is 963 g/mol. The molecule has 0 fully saturated rings. The van der Waals surface area contributed by atoms with Gasteiger partial charge in [-0.25, -0.2) is 19.7 Å². The van der Waals surface area contributed by atoms with E-state index >= 15 is 0 Å². The summed E-state index contributed by atoms with van der Waals surface area (Å²) in [6.07, 6.45) is 0. The Morgan fingerprint density at radius 1 is 0.304 bits per heavy atom. The number of anilines is 6. The Morgan fingerprint density at radius 2 is 0.658 bits per heavy atom. The van der Waals surface area contributed by atoms with Gasteiger partial charge < -0.3 is 14.4 Å². The molecule has 11 aromatic carbocycles. The Balaban J connectivity index is 0.844. The number of fused-ring (bicyclic) bond motifs is 3. The first-order chi connectivity index (χ1) is 39.1. The lowest BCUT2D eigenvalue weighted by Crippen LogP contribution is -2.09. The zero-order valence-electron chi connectivity index (χ0n) is 42.8. The summed E-state index contributed by atoms with van der Waals surface area (Å²) in [4.78, 5) is 22.1. The lowest BCUT2D eigenvalue weighted by Gasteiger charge is -2.26. The van der Waals surface area contributed by atoms with Crippen molar-refractivity contribution in [3.63, 3.8) is 0 Å². The third-order valence-electron chi connectivity index (χ3n) is 14.5. The highest BCUT2D eigenvalue weighted by molar-refractivity contribution is 6.12. The minimum Gasteiger partial charge on any atom is -0.310 e. The van der Waals surface area contributed by atoms with Gasteiger partial charge in [-0.2, -0.15) is 0 Å². The summed E-state index contributed by atoms with van der Waals surface area (Å²) in [5.41, 5.74) is 18.7. The van der Waals surface area contributed by atoms with E-state index < -0.39 is 0 Å². The van der Waals surface area contributed by atoms with Crippen LogP contribution in [0, 0.1) is 13.1 Å². The molecule has 7 heteroatoms. The molecule has 0 saturated carbocycles. The van der Waals surface area contributed by atoms with E-state index in [9.17, 15) is 0 Å². The molecule has 0 bridgehead atoms. The van der Waals surface area contributed by atoms with Crippen LogP contribution in [0.1, 0.15) is 0 Å². The van der Waals surface area contributed by atoms with Gasteiger partial charge in [0.1, 0.15) is 5.82 Å². The first-order valence-electron chi connectivity index (χ1n) is 26.1. The molecule has 2 heterocycles. The van der Waals surface area contributed by atoms with E-state index in [0.717, 1.165) is 89.4 Å². The van der Waals surface area contributed by atoms with Crippen LogP contribution in [0.2, 0.25) is 0 Å². The standard InChI is InChI=1S/C72H47N7/c1-73-66-29-17-15-27-62(66)69-49-68(75-72(76-69)63-28-16-18-30-67(63)74-2)54-37-35-52(36-38-54)50-31-33-51(34-32-50)53-39-41-59(42-40-53)79-70-45-43-60(77(55-19-7-3-8-20-55)56-21-9-4-10-22-56)47-64(70)65-48-61(44-46-71(65)79)78(57-23-11-5-12-24-57)58-25-13-6-14-26-58/h3-49H. The van der Waals surface area contributed by atoms with Gasteiger partial charge in [0.05, 0.1) is 35.6 Å². The highest BCUT2D eigenvalue weighted by Crippen LogP contribution is 2.44. The summed E-state index contributed by atoms with van der Waals surface area (Å²) < 4.78 is 2.39. The van der Waals surface area contributed by atoms with Crippen molar-refractivity contribution < 1.29 is 0 Å². The molecule has 0 radical (unpaired) electrons. The van der Waals surface area contributed by atoms with Crippen molar-refractivity contribution in [2.45, 2.75) is 0 Å².